The summed E-state index contributed by atoms with van der Waals surface area (Å²) in [5, 5.41) is 16.0. The number of hydrogen-bond acceptors (Lipinski definition) is 4. The highest BCUT2D eigenvalue weighted by molar-refractivity contribution is 7.71. The Hall–Kier alpha value is -0.720. The summed E-state index contributed by atoms with van der Waals surface area (Å²) >= 11 is 5.19. The third-order valence-electron chi connectivity index (χ3n) is 2.96. The van der Waals surface area contributed by atoms with Crippen molar-refractivity contribution < 1.29 is 9.84 Å². The first-order valence-corrected chi connectivity index (χ1v) is 5.85. The van der Waals surface area contributed by atoms with Gasteiger partial charge in [-0.1, -0.05) is 0 Å². The Morgan fingerprint density at radius 3 is 3.06 bits per heavy atom. The molecule has 16 heavy (non-hydrogen) atoms. The van der Waals surface area contributed by atoms with Crippen LogP contribution in [0.4, 0.5) is 0 Å². The molecule has 0 bridgehead atoms. The van der Waals surface area contributed by atoms with Crippen LogP contribution in [-0.4, -0.2) is 32.1 Å². The molecule has 90 valence electrons. The maximum Gasteiger partial charge on any atom is 0.195 e. The second kappa shape index (κ2) is 4.27. The molecule has 0 aliphatic carbocycles. The number of nitrogens with zero attached hydrogens (tertiary/aromatic N) is 2. The van der Waals surface area contributed by atoms with E-state index in [1.54, 1.807) is 0 Å². The Balaban J connectivity index is 2.29. The largest absolute Gasteiger partial charge is 0.388 e. The van der Waals surface area contributed by atoms with Gasteiger partial charge in [-0.3, -0.25) is 9.67 Å². The van der Waals surface area contributed by atoms with Crippen LogP contribution in [0.3, 0.4) is 0 Å². The van der Waals surface area contributed by atoms with Crippen LogP contribution in [0.1, 0.15) is 38.6 Å². The van der Waals surface area contributed by atoms with Gasteiger partial charge >= 0.3 is 0 Å². The molecular weight excluding hydrogens is 226 g/mol. The lowest BCUT2D eigenvalue weighted by Crippen LogP contribution is -2.35. The summed E-state index contributed by atoms with van der Waals surface area (Å²) in [4.78, 5) is 0. The van der Waals surface area contributed by atoms with Crippen molar-refractivity contribution in [3.05, 3.63) is 10.6 Å². The van der Waals surface area contributed by atoms with E-state index in [9.17, 15) is 5.11 Å². The van der Waals surface area contributed by atoms with Crippen LogP contribution >= 0.6 is 12.2 Å². The molecule has 0 radical (unpaired) electrons. The Morgan fingerprint density at radius 2 is 2.44 bits per heavy atom. The normalized spacial score (nSPS) is 24.6. The average Bonchev–Trinajstić information content (AvgIpc) is 2.58. The SMILES string of the molecule is CC1(C)CC(n2c(CO)n[nH]c2=S)CCO1. The van der Waals surface area contributed by atoms with E-state index in [2.05, 4.69) is 24.0 Å². The molecule has 1 aliphatic rings. The van der Waals surface area contributed by atoms with Crippen molar-refractivity contribution in [2.75, 3.05) is 6.61 Å². The van der Waals surface area contributed by atoms with Crippen LogP contribution in [0.2, 0.25) is 0 Å². The summed E-state index contributed by atoms with van der Waals surface area (Å²) in [5.74, 6) is 0.604. The number of rotatable bonds is 2. The van der Waals surface area contributed by atoms with Gasteiger partial charge in [0.05, 0.1) is 5.60 Å². The first kappa shape index (κ1) is 11.8. The molecule has 2 rings (SSSR count). The lowest BCUT2D eigenvalue weighted by molar-refractivity contribution is -0.0699. The minimum atomic E-state index is -0.137. The van der Waals surface area contributed by atoms with Crippen molar-refractivity contribution in [3.63, 3.8) is 0 Å². The van der Waals surface area contributed by atoms with E-state index in [1.165, 1.54) is 0 Å². The molecule has 1 aromatic rings. The van der Waals surface area contributed by atoms with Gasteiger partial charge in [-0.05, 0) is 38.9 Å². The molecule has 1 aromatic heterocycles. The number of aliphatic hydroxyl groups is 1. The van der Waals surface area contributed by atoms with E-state index in [4.69, 9.17) is 17.0 Å². The molecule has 5 nitrogen and oxygen atoms in total. The van der Waals surface area contributed by atoms with Gasteiger partial charge in [0.1, 0.15) is 6.61 Å². The summed E-state index contributed by atoms with van der Waals surface area (Å²) in [6.07, 6.45) is 1.79. The molecule has 0 saturated carbocycles. The molecule has 6 heteroatoms. The molecular formula is C10H17N3O2S. The van der Waals surface area contributed by atoms with Crippen molar-refractivity contribution in [1.29, 1.82) is 0 Å². The number of aliphatic hydroxyl groups excluding tert-OH is 1. The lowest BCUT2D eigenvalue weighted by Gasteiger charge is -2.36. The van der Waals surface area contributed by atoms with Gasteiger partial charge < -0.3 is 9.84 Å². The smallest absolute Gasteiger partial charge is 0.195 e. The summed E-state index contributed by atoms with van der Waals surface area (Å²) in [6.45, 7) is 4.77. The Labute approximate surface area is 99.4 Å². The molecule has 0 spiro atoms. The van der Waals surface area contributed by atoms with Crippen LogP contribution in [0.5, 0.6) is 0 Å². The van der Waals surface area contributed by atoms with Gasteiger partial charge in [-0.2, -0.15) is 5.10 Å². The van der Waals surface area contributed by atoms with Crippen LogP contribution in [-0.2, 0) is 11.3 Å². The molecule has 0 aromatic carbocycles. The van der Waals surface area contributed by atoms with E-state index in [0.717, 1.165) is 19.4 Å². The third kappa shape index (κ3) is 2.18. The number of H-pyrrole nitrogens is 1. The fourth-order valence-electron chi connectivity index (χ4n) is 2.25. The average molecular weight is 243 g/mol. The number of ether oxygens (including phenoxy) is 1. The third-order valence-corrected chi connectivity index (χ3v) is 3.24. The number of aromatic nitrogens is 3. The summed E-state index contributed by atoms with van der Waals surface area (Å²) < 4.78 is 8.16. The number of nitrogens with one attached hydrogen (secondary N) is 1. The van der Waals surface area contributed by atoms with Gasteiger partial charge in [-0.15, -0.1) is 0 Å². The maximum atomic E-state index is 9.21. The van der Waals surface area contributed by atoms with E-state index >= 15 is 0 Å². The highest BCUT2D eigenvalue weighted by atomic mass is 32.1. The highest BCUT2D eigenvalue weighted by Gasteiger charge is 2.31. The van der Waals surface area contributed by atoms with Crippen molar-refractivity contribution in [2.45, 2.75) is 44.9 Å². The van der Waals surface area contributed by atoms with E-state index < -0.39 is 0 Å². The standard InChI is InChI=1S/C10H17N3O2S/c1-10(2)5-7(3-4-15-10)13-8(6-14)11-12-9(13)16/h7,14H,3-6H2,1-2H3,(H,12,16). The Kier molecular flexibility index (Phi) is 3.14. The molecule has 1 atom stereocenters. The second-order valence-electron chi connectivity index (χ2n) is 4.73. The molecule has 1 unspecified atom stereocenters. The predicted octanol–water partition coefficient (Wildman–Crippen LogP) is 1.56. The monoisotopic (exact) mass is 243 g/mol. The lowest BCUT2D eigenvalue weighted by atomic mass is 9.94. The first-order chi connectivity index (χ1) is 7.53. The van der Waals surface area contributed by atoms with Crippen LogP contribution in [0.15, 0.2) is 0 Å². The fraction of sp³-hybridized carbons (Fsp3) is 0.800. The van der Waals surface area contributed by atoms with Crippen molar-refractivity contribution in [1.82, 2.24) is 14.8 Å². The van der Waals surface area contributed by atoms with Crippen LogP contribution in [0, 0.1) is 4.77 Å². The van der Waals surface area contributed by atoms with Gasteiger partial charge in [0.15, 0.2) is 10.6 Å². The Morgan fingerprint density at radius 1 is 1.69 bits per heavy atom. The summed E-state index contributed by atoms with van der Waals surface area (Å²) in [6, 6.07) is 0.261. The highest BCUT2D eigenvalue weighted by Crippen LogP contribution is 2.32. The van der Waals surface area contributed by atoms with Crippen molar-refractivity contribution in [2.24, 2.45) is 0 Å². The van der Waals surface area contributed by atoms with Gasteiger partial charge in [0.2, 0.25) is 0 Å². The molecule has 2 N–H and O–H groups in total. The van der Waals surface area contributed by atoms with Gasteiger partial charge in [0, 0.05) is 12.6 Å². The summed E-state index contributed by atoms with van der Waals surface area (Å²) in [5.41, 5.74) is -0.137. The van der Waals surface area contributed by atoms with E-state index in [-0.39, 0.29) is 18.2 Å². The summed E-state index contributed by atoms with van der Waals surface area (Å²) in [7, 11) is 0. The number of aromatic amines is 1. The van der Waals surface area contributed by atoms with E-state index in [0.29, 0.717) is 10.6 Å². The topological polar surface area (TPSA) is 63.1 Å². The van der Waals surface area contributed by atoms with Gasteiger partial charge in [0.25, 0.3) is 0 Å². The minimum Gasteiger partial charge on any atom is -0.388 e. The van der Waals surface area contributed by atoms with E-state index in [1.807, 2.05) is 4.57 Å². The zero-order valence-electron chi connectivity index (χ0n) is 9.56. The van der Waals surface area contributed by atoms with Crippen molar-refractivity contribution >= 4 is 12.2 Å². The van der Waals surface area contributed by atoms with Gasteiger partial charge in [-0.25, -0.2) is 0 Å². The second-order valence-corrected chi connectivity index (χ2v) is 5.11. The fourth-order valence-corrected chi connectivity index (χ4v) is 2.55. The molecule has 1 saturated heterocycles. The predicted molar refractivity (Wildman–Crippen MR) is 61.6 cm³/mol. The number of hydrogen-bond donors (Lipinski definition) is 2. The molecule has 1 aliphatic heterocycles. The molecule has 2 heterocycles. The van der Waals surface area contributed by atoms with Crippen molar-refractivity contribution in [3.8, 4) is 0 Å². The Bertz CT molecular complexity index is 424. The molecule has 1 fully saturated rings. The maximum absolute atomic E-state index is 9.21. The molecule has 0 amide bonds. The quantitative estimate of drug-likeness (QED) is 0.774. The van der Waals surface area contributed by atoms with Crippen LogP contribution in [0.25, 0.3) is 0 Å². The minimum absolute atomic E-state index is 0.0923. The first-order valence-electron chi connectivity index (χ1n) is 5.44. The zero-order valence-corrected chi connectivity index (χ0v) is 10.4. The zero-order chi connectivity index (χ0) is 11.8. The van der Waals surface area contributed by atoms with Crippen LogP contribution < -0.4 is 0 Å².